The van der Waals surface area contributed by atoms with Crippen molar-refractivity contribution in [2.75, 3.05) is 0 Å². The van der Waals surface area contributed by atoms with Gasteiger partial charge in [0.05, 0.1) is 0 Å². The highest BCUT2D eigenvalue weighted by atomic mass is 16.5. The minimum absolute atomic E-state index is 0.316. The average Bonchev–Trinajstić information content (AvgIpc) is 2.02. The maximum absolute atomic E-state index is 10.5. The fourth-order valence-electron chi connectivity index (χ4n) is 0.946. The van der Waals surface area contributed by atoms with Gasteiger partial charge in [-0.15, -0.1) is 0 Å². The normalized spacial score (nSPS) is 10.3. The van der Waals surface area contributed by atoms with Crippen molar-refractivity contribution < 1.29 is 9.53 Å². The van der Waals surface area contributed by atoms with E-state index in [-0.39, 0.29) is 5.97 Å². The predicted molar refractivity (Wildman–Crippen MR) is 54.2 cm³/mol. The number of carbonyl (C=O) groups is 1. The summed E-state index contributed by atoms with van der Waals surface area (Å²) in [5.74, 6) is 0.104. The van der Waals surface area contributed by atoms with Crippen LogP contribution in [-0.4, -0.2) is 5.97 Å². The fraction of sp³-hybridized carbons (Fsp3) is 0.545. The molecule has 0 unspecified atom stereocenters. The first-order valence-electron chi connectivity index (χ1n) is 4.70. The topological polar surface area (TPSA) is 26.3 Å². The van der Waals surface area contributed by atoms with Crippen LogP contribution in [0, 0.1) is 0 Å². The minimum Gasteiger partial charge on any atom is -0.427 e. The summed E-state index contributed by atoms with van der Waals surface area (Å²) in [4.78, 5) is 10.5. The molecule has 0 atom stereocenters. The van der Waals surface area contributed by atoms with E-state index in [1.54, 1.807) is 6.08 Å². The summed E-state index contributed by atoms with van der Waals surface area (Å²) < 4.78 is 4.74. The van der Waals surface area contributed by atoms with E-state index >= 15 is 0 Å². The van der Waals surface area contributed by atoms with Crippen molar-refractivity contribution in [3.05, 3.63) is 24.5 Å². The van der Waals surface area contributed by atoms with Crippen molar-refractivity contribution >= 4 is 5.97 Å². The predicted octanol–water partition coefficient (Wildman–Crippen LogP) is 3.20. The number of esters is 1. The second-order valence-electron chi connectivity index (χ2n) is 2.96. The van der Waals surface area contributed by atoms with Gasteiger partial charge in [-0.2, -0.15) is 0 Å². The Hall–Kier alpha value is -1.05. The van der Waals surface area contributed by atoms with Gasteiger partial charge in [0.15, 0.2) is 0 Å². The number of rotatable bonds is 6. The number of allylic oxidation sites excluding steroid dienone is 2. The van der Waals surface area contributed by atoms with Gasteiger partial charge in [-0.3, -0.25) is 4.79 Å². The van der Waals surface area contributed by atoms with E-state index in [0.717, 1.165) is 6.42 Å². The molecule has 2 heteroatoms. The molecule has 0 rings (SSSR count). The molecular weight excluding hydrogens is 164 g/mol. The number of unbranched alkanes of at least 4 members (excludes halogenated alkanes) is 3. The molecule has 0 aliphatic carbocycles. The molecule has 13 heavy (non-hydrogen) atoms. The van der Waals surface area contributed by atoms with Crippen LogP contribution in [0.5, 0.6) is 0 Å². The lowest BCUT2D eigenvalue weighted by molar-refractivity contribution is -0.136. The second-order valence-corrected chi connectivity index (χ2v) is 2.96. The van der Waals surface area contributed by atoms with Crippen LogP contribution in [0.3, 0.4) is 0 Å². The highest BCUT2D eigenvalue weighted by Crippen LogP contribution is 2.02. The Labute approximate surface area is 80.3 Å². The summed E-state index contributed by atoms with van der Waals surface area (Å²) in [6, 6.07) is 0. The van der Waals surface area contributed by atoms with Gasteiger partial charge in [0, 0.05) is 6.92 Å². The molecule has 0 aliphatic heterocycles. The lowest BCUT2D eigenvalue weighted by Gasteiger charge is -1.98. The smallest absolute Gasteiger partial charge is 0.308 e. The first-order valence-corrected chi connectivity index (χ1v) is 4.70. The molecule has 0 spiro atoms. The summed E-state index contributed by atoms with van der Waals surface area (Å²) in [5.41, 5.74) is 0. The Morgan fingerprint density at radius 1 is 1.46 bits per heavy atom. The molecule has 0 N–H and O–H groups in total. The molecule has 0 aromatic carbocycles. The Morgan fingerprint density at radius 2 is 2.15 bits per heavy atom. The largest absolute Gasteiger partial charge is 0.427 e. The zero-order chi connectivity index (χ0) is 10.1. The Balaban J connectivity index is 3.48. The molecule has 2 nitrogen and oxygen atoms in total. The van der Waals surface area contributed by atoms with E-state index < -0.39 is 0 Å². The monoisotopic (exact) mass is 182 g/mol. The van der Waals surface area contributed by atoms with E-state index in [9.17, 15) is 4.79 Å². The van der Waals surface area contributed by atoms with Crippen LogP contribution in [0.4, 0.5) is 0 Å². The molecule has 0 bridgehead atoms. The third-order valence-electron chi connectivity index (χ3n) is 1.55. The Kier molecular flexibility index (Phi) is 6.98. The van der Waals surface area contributed by atoms with Gasteiger partial charge in [0.1, 0.15) is 5.76 Å². The van der Waals surface area contributed by atoms with Crippen LogP contribution >= 0.6 is 0 Å². The number of hydrogen-bond acceptors (Lipinski definition) is 2. The molecule has 0 fully saturated rings. The standard InChI is InChI=1S/C11H18O2/c1-4-5-6-7-8-9-10(2)13-11(3)12/h8-9H,2,4-7H2,1,3H3. The third-order valence-corrected chi connectivity index (χ3v) is 1.55. The van der Waals surface area contributed by atoms with Gasteiger partial charge in [0.2, 0.25) is 0 Å². The maximum atomic E-state index is 10.5. The Bertz CT molecular complexity index is 192. The fourth-order valence-corrected chi connectivity index (χ4v) is 0.946. The SMILES string of the molecule is C=C(C=CCCCCC)OC(C)=O. The van der Waals surface area contributed by atoms with Crippen molar-refractivity contribution in [2.24, 2.45) is 0 Å². The third kappa shape index (κ3) is 8.86. The van der Waals surface area contributed by atoms with Gasteiger partial charge in [0.25, 0.3) is 0 Å². The summed E-state index contributed by atoms with van der Waals surface area (Å²) in [6.45, 7) is 7.12. The maximum Gasteiger partial charge on any atom is 0.308 e. The van der Waals surface area contributed by atoms with E-state index in [0.29, 0.717) is 5.76 Å². The zero-order valence-electron chi connectivity index (χ0n) is 8.51. The van der Waals surface area contributed by atoms with Crippen LogP contribution in [0.25, 0.3) is 0 Å². The molecule has 0 radical (unpaired) electrons. The Morgan fingerprint density at radius 3 is 2.69 bits per heavy atom. The lowest BCUT2D eigenvalue weighted by Crippen LogP contribution is -1.94. The average molecular weight is 182 g/mol. The first kappa shape index (κ1) is 11.9. The van der Waals surface area contributed by atoms with E-state index in [2.05, 4.69) is 13.5 Å². The molecule has 0 saturated heterocycles. The van der Waals surface area contributed by atoms with Crippen molar-refractivity contribution in [3.8, 4) is 0 Å². The van der Waals surface area contributed by atoms with Crippen LogP contribution in [0.1, 0.15) is 39.5 Å². The molecule has 0 aromatic rings. The first-order chi connectivity index (χ1) is 6.16. The van der Waals surface area contributed by atoms with E-state index in [1.165, 1.54) is 26.2 Å². The number of ether oxygens (including phenoxy) is 1. The number of hydrogen-bond donors (Lipinski definition) is 0. The summed E-state index contributed by atoms with van der Waals surface area (Å²) in [6.07, 6.45) is 8.40. The van der Waals surface area contributed by atoms with Crippen molar-refractivity contribution in [3.63, 3.8) is 0 Å². The second kappa shape index (κ2) is 7.59. The van der Waals surface area contributed by atoms with E-state index in [1.807, 2.05) is 6.08 Å². The van der Waals surface area contributed by atoms with Gasteiger partial charge in [-0.25, -0.2) is 0 Å². The van der Waals surface area contributed by atoms with Crippen LogP contribution < -0.4 is 0 Å². The quantitative estimate of drug-likeness (QED) is 0.273. The highest BCUT2D eigenvalue weighted by Gasteiger charge is 1.92. The highest BCUT2D eigenvalue weighted by molar-refractivity contribution is 5.67. The van der Waals surface area contributed by atoms with Gasteiger partial charge in [-0.1, -0.05) is 32.4 Å². The van der Waals surface area contributed by atoms with Crippen molar-refractivity contribution in [1.29, 1.82) is 0 Å². The molecule has 0 aromatic heterocycles. The van der Waals surface area contributed by atoms with Crippen LogP contribution in [0.15, 0.2) is 24.5 Å². The summed E-state index contributed by atoms with van der Waals surface area (Å²) in [7, 11) is 0. The molecule has 74 valence electrons. The van der Waals surface area contributed by atoms with Crippen LogP contribution in [0.2, 0.25) is 0 Å². The van der Waals surface area contributed by atoms with Gasteiger partial charge in [-0.05, 0) is 18.9 Å². The summed E-state index contributed by atoms with van der Waals surface area (Å²) >= 11 is 0. The number of carbonyl (C=O) groups excluding carboxylic acids is 1. The van der Waals surface area contributed by atoms with Crippen molar-refractivity contribution in [1.82, 2.24) is 0 Å². The molecule has 0 saturated carbocycles. The summed E-state index contributed by atoms with van der Waals surface area (Å²) in [5, 5.41) is 0. The van der Waals surface area contributed by atoms with Gasteiger partial charge >= 0.3 is 5.97 Å². The van der Waals surface area contributed by atoms with E-state index in [4.69, 9.17) is 4.74 Å². The van der Waals surface area contributed by atoms with Crippen LogP contribution in [-0.2, 0) is 9.53 Å². The molecule has 0 heterocycles. The molecule has 0 aliphatic rings. The van der Waals surface area contributed by atoms with Gasteiger partial charge < -0.3 is 4.74 Å². The minimum atomic E-state index is -0.316. The zero-order valence-corrected chi connectivity index (χ0v) is 8.51. The molecule has 0 amide bonds. The van der Waals surface area contributed by atoms with Crippen molar-refractivity contribution in [2.45, 2.75) is 39.5 Å². The lowest BCUT2D eigenvalue weighted by atomic mass is 10.2. The molecular formula is C11H18O2.